The highest BCUT2D eigenvalue weighted by Gasteiger charge is 2.18. The molecule has 12 rings (SSSR count). The lowest BCUT2D eigenvalue weighted by atomic mass is 10.0. The highest BCUT2D eigenvalue weighted by molar-refractivity contribution is 7.28. The molecule has 0 saturated heterocycles. The van der Waals surface area contributed by atoms with E-state index in [-0.39, 0.29) is 0 Å². The Morgan fingerprint density at radius 3 is 1.58 bits per heavy atom. The number of thiophene rings is 3. The van der Waals surface area contributed by atoms with Crippen molar-refractivity contribution < 1.29 is 0 Å². The zero-order valence-electron chi connectivity index (χ0n) is 29.2. The van der Waals surface area contributed by atoms with E-state index in [2.05, 4.69) is 175 Å². The van der Waals surface area contributed by atoms with Gasteiger partial charge in [0.05, 0.1) is 10.2 Å². The van der Waals surface area contributed by atoms with E-state index >= 15 is 0 Å². The van der Waals surface area contributed by atoms with Crippen LogP contribution in [0.1, 0.15) is 0 Å². The van der Waals surface area contributed by atoms with Gasteiger partial charge in [0.25, 0.3) is 0 Å². The molecule has 0 saturated carbocycles. The summed E-state index contributed by atoms with van der Waals surface area (Å²) in [5.74, 6) is 0. The molecule has 6 heteroatoms. The van der Waals surface area contributed by atoms with Crippen LogP contribution in [0.15, 0.2) is 170 Å². The highest BCUT2D eigenvalue weighted by Crippen LogP contribution is 2.46. The summed E-state index contributed by atoms with van der Waals surface area (Å²) in [5, 5.41) is 8.93. The molecule has 0 fully saturated rings. The Kier molecular flexibility index (Phi) is 7.04. The molecule has 0 unspecified atom stereocenters. The van der Waals surface area contributed by atoms with Crippen molar-refractivity contribution in [3.05, 3.63) is 170 Å². The Balaban J connectivity index is 0.979. The van der Waals surface area contributed by atoms with Crippen LogP contribution in [0.4, 0.5) is 17.1 Å². The van der Waals surface area contributed by atoms with Gasteiger partial charge < -0.3 is 4.90 Å². The van der Waals surface area contributed by atoms with E-state index in [9.17, 15) is 0 Å². The molecule has 55 heavy (non-hydrogen) atoms. The second kappa shape index (κ2) is 12.3. The van der Waals surface area contributed by atoms with Crippen LogP contribution >= 0.6 is 45.3 Å². The van der Waals surface area contributed by atoms with Crippen molar-refractivity contribution in [1.29, 1.82) is 0 Å². The number of aromatic nitrogens is 1. The molecular weight excluding hydrogens is 745 g/mol. The standard InChI is InChI=1S/C49H28N2S4/c1-2-8-30(9-3-1)49-50-40-23-25-44-47(48(40)55-49)39-26-31(16-24-43(39)52-44)29-14-17-32(18-15-29)51(33-19-21-37-35-10-4-6-12-41(35)53-45(37)27-33)34-20-22-38-36-11-5-7-13-42(36)54-46(38)28-34/h1-28H. The smallest absolute Gasteiger partial charge is 0.124 e. The van der Waals surface area contributed by atoms with Crippen molar-refractivity contribution in [3.8, 4) is 21.7 Å². The van der Waals surface area contributed by atoms with Gasteiger partial charge in [0.2, 0.25) is 0 Å². The second-order valence-electron chi connectivity index (χ2n) is 13.9. The van der Waals surface area contributed by atoms with E-state index < -0.39 is 0 Å². The lowest BCUT2D eigenvalue weighted by molar-refractivity contribution is 1.30. The summed E-state index contributed by atoms with van der Waals surface area (Å²) in [7, 11) is 0. The predicted molar refractivity (Wildman–Crippen MR) is 244 cm³/mol. The first kappa shape index (κ1) is 31.5. The molecule has 0 radical (unpaired) electrons. The lowest BCUT2D eigenvalue weighted by Crippen LogP contribution is -2.09. The summed E-state index contributed by atoms with van der Waals surface area (Å²) in [4.78, 5) is 7.47. The van der Waals surface area contributed by atoms with E-state index in [1.807, 2.05) is 34.0 Å². The Morgan fingerprint density at radius 1 is 0.345 bits per heavy atom. The number of nitrogens with zero attached hydrogens (tertiary/aromatic N) is 2. The molecule has 0 N–H and O–H groups in total. The highest BCUT2D eigenvalue weighted by atomic mass is 32.1. The molecule has 0 bridgehead atoms. The third-order valence-corrected chi connectivity index (χ3v) is 15.2. The normalized spacial score (nSPS) is 12.0. The van der Waals surface area contributed by atoms with Crippen LogP contribution in [0.3, 0.4) is 0 Å². The van der Waals surface area contributed by atoms with E-state index in [4.69, 9.17) is 4.98 Å². The fourth-order valence-electron chi connectivity index (χ4n) is 8.09. The van der Waals surface area contributed by atoms with Crippen molar-refractivity contribution in [2.75, 3.05) is 4.90 Å². The molecule has 0 aliphatic heterocycles. The van der Waals surface area contributed by atoms with Crippen LogP contribution in [0.25, 0.3) is 92.4 Å². The average Bonchev–Trinajstić information content (AvgIpc) is 4.02. The zero-order valence-corrected chi connectivity index (χ0v) is 32.5. The minimum atomic E-state index is 1.06. The van der Waals surface area contributed by atoms with Gasteiger partial charge in [-0.05, 0) is 83.9 Å². The third kappa shape index (κ3) is 5.06. The minimum absolute atomic E-state index is 1.06. The molecular formula is C49H28N2S4. The topological polar surface area (TPSA) is 16.1 Å². The summed E-state index contributed by atoms with van der Waals surface area (Å²) in [5.41, 5.74) is 8.09. The van der Waals surface area contributed by atoms with Gasteiger partial charge in [0.1, 0.15) is 5.01 Å². The summed E-state index contributed by atoms with van der Waals surface area (Å²) in [6.07, 6.45) is 0. The number of hydrogen-bond acceptors (Lipinski definition) is 6. The summed E-state index contributed by atoms with van der Waals surface area (Å²) >= 11 is 7.39. The number of fused-ring (bicyclic) bond motifs is 11. The SMILES string of the molecule is c1ccc(-c2nc3ccc4sc5ccc(-c6ccc(N(c7ccc8c(c7)sc7ccccc78)c7ccc8c(c7)sc7ccccc78)cc6)cc5c4c3s2)cc1. The van der Waals surface area contributed by atoms with Crippen molar-refractivity contribution >= 4 is 133 Å². The lowest BCUT2D eigenvalue weighted by Gasteiger charge is -2.26. The first-order valence-electron chi connectivity index (χ1n) is 18.3. The molecule has 0 aliphatic rings. The maximum Gasteiger partial charge on any atom is 0.124 e. The monoisotopic (exact) mass is 772 g/mol. The van der Waals surface area contributed by atoms with Crippen LogP contribution < -0.4 is 4.90 Å². The fraction of sp³-hybridized carbons (Fsp3) is 0. The van der Waals surface area contributed by atoms with Gasteiger partial charge in [-0.3, -0.25) is 0 Å². The molecule has 0 amide bonds. The van der Waals surface area contributed by atoms with Crippen molar-refractivity contribution in [1.82, 2.24) is 4.98 Å². The Bertz CT molecular complexity index is 3330. The number of benzene rings is 8. The largest absolute Gasteiger partial charge is 0.310 e. The first-order chi connectivity index (χ1) is 27.2. The van der Waals surface area contributed by atoms with Crippen molar-refractivity contribution in [2.24, 2.45) is 0 Å². The number of rotatable bonds is 5. The molecule has 0 atom stereocenters. The quantitative estimate of drug-likeness (QED) is 0.173. The third-order valence-electron chi connectivity index (χ3n) is 10.7. The van der Waals surface area contributed by atoms with E-state index in [1.165, 1.54) is 81.9 Å². The summed E-state index contributed by atoms with van der Waals surface area (Å²) in [6, 6.07) is 62.4. The van der Waals surface area contributed by atoms with Gasteiger partial charge in [0.15, 0.2) is 0 Å². The second-order valence-corrected chi connectivity index (χ2v) is 18.2. The zero-order chi connectivity index (χ0) is 36.0. The Morgan fingerprint density at radius 2 is 0.891 bits per heavy atom. The van der Waals surface area contributed by atoms with Crippen molar-refractivity contribution in [3.63, 3.8) is 0 Å². The van der Waals surface area contributed by atoms with Crippen LogP contribution in [0.2, 0.25) is 0 Å². The van der Waals surface area contributed by atoms with E-state index in [1.54, 1.807) is 11.3 Å². The van der Waals surface area contributed by atoms with Gasteiger partial charge >= 0.3 is 0 Å². The van der Waals surface area contributed by atoms with Gasteiger partial charge in [-0.2, -0.15) is 0 Å². The van der Waals surface area contributed by atoms with Gasteiger partial charge in [-0.1, -0.05) is 97.1 Å². The van der Waals surface area contributed by atoms with Gasteiger partial charge in [-0.25, -0.2) is 4.98 Å². The van der Waals surface area contributed by atoms with Gasteiger partial charge in [0, 0.05) is 83.1 Å². The molecule has 4 heterocycles. The number of thiazole rings is 1. The molecule has 0 spiro atoms. The molecule has 4 aromatic heterocycles. The van der Waals surface area contributed by atoms with Crippen LogP contribution in [-0.4, -0.2) is 4.98 Å². The van der Waals surface area contributed by atoms with Crippen LogP contribution in [0, 0.1) is 0 Å². The summed E-state index contributed by atoms with van der Waals surface area (Å²) < 4.78 is 9.10. The fourth-order valence-corrected chi connectivity index (χ4v) is 12.7. The van der Waals surface area contributed by atoms with Crippen molar-refractivity contribution in [2.45, 2.75) is 0 Å². The maximum atomic E-state index is 5.05. The first-order valence-corrected chi connectivity index (χ1v) is 21.5. The molecule has 8 aromatic carbocycles. The molecule has 0 aliphatic carbocycles. The average molecular weight is 773 g/mol. The minimum Gasteiger partial charge on any atom is -0.310 e. The summed E-state index contributed by atoms with van der Waals surface area (Å²) in [6.45, 7) is 0. The molecule has 2 nitrogen and oxygen atoms in total. The van der Waals surface area contributed by atoms with E-state index in [0.29, 0.717) is 0 Å². The number of anilines is 3. The van der Waals surface area contributed by atoms with Crippen LogP contribution in [0.5, 0.6) is 0 Å². The predicted octanol–water partition coefficient (Wildman–Crippen LogP) is 16.2. The molecule has 12 aromatic rings. The Labute approximate surface area is 332 Å². The maximum absolute atomic E-state index is 5.05. The van der Waals surface area contributed by atoms with E-state index in [0.717, 1.165) is 27.6 Å². The number of hydrogen-bond donors (Lipinski definition) is 0. The van der Waals surface area contributed by atoms with Crippen LogP contribution in [-0.2, 0) is 0 Å². The molecule has 258 valence electrons. The Hall–Kier alpha value is -5.89. The van der Waals surface area contributed by atoms with Gasteiger partial charge in [-0.15, -0.1) is 45.3 Å².